The van der Waals surface area contributed by atoms with Gasteiger partial charge in [-0.25, -0.2) is 9.97 Å². The Kier molecular flexibility index (Phi) is 4.86. The first-order valence-electron chi connectivity index (χ1n) is 6.77. The zero-order valence-corrected chi connectivity index (χ0v) is 11.5. The van der Waals surface area contributed by atoms with Crippen molar-refractivity contribution in [1.82, 2.24) is 19.7 Å². The molecule has 2 aromatic heterocycles. The predicted molar refractivity (Wildman–Crippen MR) is 75.5 cm³/mol. The third kappa shape index (κ3) is 3.66. The van der Waals surface area contributed by atoms with Crippen LogP contribution in [0, 0.1) is 0 Å². The molecule has 0 amide bonds. The number of carbonyl (C=O) groups is 1. The summed E-state index contributed by atoms with van der Waals surface area (Å²) >= 11 is 0. The minimum Gasteiger partial charge on any atom is -0.481 e. The number of carboxylic acids is 1. The number of hydrogen-bond acceptors (Lipinski definition) is 5. The van der Waals surface area contributed by atoms with Gasteiger partial charge >= 0.3 is 5.97 Å². The summed E-state index contributed by atoms with van der Waals surface area (Å²) in [5.41, 5.74) is 0.809. The van der Waals surface area contributed by atoms with E-state index in [1.807, 2.05) is 7.05 Å². The molecule has 0 saturated heterocycles. The second-order valence-corrected chi connectivity index (χ2v) is 4.71. The van der Waals surface area contributed by atoms with Crippen molar-refractivity contribution in [3.8, 4) is 0 Å². The maximum Gasteiger partial charge on any atom is 0.303 e. The van der Waals surface area contributed by atoms with Crippen molar-refractivity contribution in [1.29, 1.82) is 0 Å². The fourth-order valence-corrected chi connectivity index (χ4v) is 2.06. The predicted octanol–water partition coefficient (Wildman–Crippen LogP) is 1.81. The molecule has 0 aliphatic heterocycles. The van der Waals surface area contributed by atoms with Crippen LogP contribution in [0.25, 0.3) is 11.0 Å². The van der Waals surface area contributed by atoms with Crippen molar-refractivity contribution in [3.63, 3.8) is 0 Å². The molecule has 2 heterocycles. The minimum absolute atomic E-state index is 0.260. The van der Waals surface area contributed by atoms with Gasteiger partial charge in [0, 0.05) is 20.0 Å². The zero-order valence-electron chi connectivity index (χ0n) is 11.5. The molecule has 2 rings (SSSR count). The van der Waals surface area contributed by atoms with Gasteiger partial charge in [-0.2, -0.15) is 5.10 Å². The van der Waals surface area contributed by atoms with Gasteiger partial charge in [-0.15, -0.1) is 0 Å². The Bertz CT molecular complexity index is 581. The molecule has 0 spiro atoms. The van der Waals surface area contributed by atoms with Crippen LogP contribution in [-0.4, -0.2) is 37.4 Å². The number of aliphatic carboxylic acids is 1. The van der Waals surface area contributed by atoms with Crippen molar-refractivity contribution in [3.05, 3.63) is 12.5 Å². The molecule has 108 valence electrons. The average molecular weight is 277 g/mol. The van der Waals surface area contributed by atoms with E-state index in [9.17, 15) is 4.79 Å². The molecule has 2 N–H and O–H groups in total. The third-order valence-corrected chi connectivity index (χ3v) is 3.14. The molecule has 0 fully saturated rings. The Balaban J connectivity index is 1.75. The highest BCUT2D eigenvalue weighted by molar-refractivity contribution is 5.85. The van der Waals surface area contributed by atoms with Crippen LogP contribution in [0.4, 0.5) is 5.82 Å². The summed E-state index contributed by atoms with van der Waals surface area (Å²) in [5, 5.41) is 16.9. The van der Waals surface area contributed by atoms with Gasteiger partial charge in [0.25, 0.3) is 0 Å². The van der Waals surface area contributed by atoms with Crippen molar-refractivity contribution in [2.45, 2.75) is 32.1 Å². The van der Waals surface area contributed by atoms with Crippen LogP contribution >= 0.6 is 0 Å². The lowest BCUT2D eigenvalue weighted by atomic mass is 10.1. The topological polar surface area (TPSA) is 92.9 Å². The Morgan fingerprint density at radius 2 is 2.10 bits per heavy atom. The van der Waals surface area contributed by atoms with E-state index >= 15 is 0 Å². The lowest BCUT2D eigenvalue weighted by Gasteiger charge is -2.06. The van der Waals surface area contributed by atoms with E-state index in [0.29, 0.717) is 0 Å². The monoisotopic (exact) mass is 277 g/mol. The molecule has 2 aromatic rings. The molecular weight excluding hydrogens is 258 g/mol. The number of anilines is 1. The van der Waals surface area contributed by atoms with E-state index in [4.69, 9.17) is 5.11 Å². The van der Waals surface area contributed by atoms with Crippen molar-refractivity contribution >= 4 is 22.8 Å². The molecular formula is C13H19N5O2. The van der Waals surface area contributed by atoms with E-state index < -0.39 is 5.97 Å². The highest BCUT2D eigenvalue weighted by atomic mass is 16.4. The van der Waals surface area contributed by atoms with Gasteiger partial charge in [0.15, 0.2) is 5.65 Å². The van der Waals surface area contributed by atoms with Gasteiger partial charge in [0.2, 0.25) is 0 Å². The SMILES string of the molecule is Cn1ncc2c(NCCCCCCC(=O)O)ncnc21. The van der Waals surface area contributed by atoms with Gasteiger partial charge in [0.1, 0.15) is 12.1 Å². The Labute approximate surface area is 117 Å². The van der Waals surface area contributed by atoms with Gasteiger partial charge in [0.05, 0.1) is 11.6 Å². The lowest BCUT2D eigenvalue weighted by molar-refractivity contribution is -0.137. The highest BCUT2D eigenvalue weighted by Gasteiger charge is 2.06. The number of unbranched alkanes of at least 4 members (excludes halogenated alkanes) is 3. The number of hydrogen-bond donors (Lipinski definition) is 2. The first-order chi connectivity index (χ1) is 9.68. The number of rotatable bonds is 8. The summed E-state index contributed by atoms with van der Waals surface area (Å²) < 4.78 is 1.72. The van der Waals surface area contributed by atoms with E-state index in [2.05, 4.69) is 20.4 Å². The van der Waals surface area contributed by atoms with Gasteiger partial charge in [-0.3, -0.25) is 9.48 Å². The number of aryl methyl sites for hydroxylation is 1. The van der Waals surface area contributed by atoms with Crippen LogP contribution in [0.1, 0.15) is 32.1 Å². The zero-order chi connectivity index (χ0) is 14.4. The molecule has 0 atom stereocenters. The molecule has 0 radical (unpaired) electrons. The summed E-state index contributed by atoms with van der Waals surface area (Å²) in [6, 6.07) is 0. The van der Waals surface area contributed by atoms with Crippen molar-refractivity contribution < 1.29 is 9.90 Å². The lowest BCUT2D eigenvalue weighted by Crippen LogP contribution is -2.04. The molecule has 0 aromatic carbocycles. The molecule has 0 aliphatic carbocycles. The first kappa shape index (κ1) is 14.2. The standard InChI is InChI=1S/C13H19N5O2/c1-18-13-10(8-17-18)12(15-9-16-13)14-7-5-3-2-4-6-11(19)20/h8-9H,2-7H2,1H3,(H,19,20)(H,14,15,16). The molecule has 0 unspecified atom stereocenters. The van der Waals surface area contributed by atoms with Gasteiger partial charge < -0.3 is 10.4 Å². The summed E-state index contributed by atoms with van der Waals surface area (Å²) in [4.78, 5) is 18.8. The number of nitrogens with zero attached hydrogens (tertiary/aromatic N) is 4. The maximum atomic E-state index is 10.4. The Morgan fingerprint density at radius 3 is 2.90 bits per heavy atom. The fourth-order valence-electron chi connectivity index (χ4n) is 2.06. The summed E-state index contributed by atoms with van der Waals surface area (Å²) in [6.45, 7) is 0.814. The summed E-state index contributed by atoms with van der Waals surface area (Å²) in [5.74, 6) is 0.0803. The largest absolute Gasteiger partial charge is 0.481 e. The maximum absolute atomic E-state index is 10.4. The second-order valence-electron chi connectivity index (χ2n) is 4.71. The first-order valence-corrected chi connectivity index (χ1v) is 6.77. The molecule has 0 saturated carbocycles. The van der Waals surface area contributed by atoms with E-state index in [-0.39, 0.29) is 6.42 Å². The highest BCUT2D eigenvalue weighted by Crippen LogP contribution is 2.17. The minimum atomic E-state index is -0.719. The van der Waals surface area contributed by atoms with Gasteiger partial charge in [-0.05, 0) is 12.8 Å². The van der Waals surface area contributed by atoms with Crippen LogP contribution in [0.3, 0.4) is 0 Å². The van der Waals surface area contributed by atoms with E-state index in [0.717, 1.165) is 49.1 Å². The Morgan fingerprint density at radius 1 is 1.30 bits per heavy atom. The summed E-state index contributed by atoms with van der Waals surface area (Å²) in [6.07, 6.45) is 7.24. The second kappa shape index (κ2) is 6.83. The number of aromatic nitrogens is 4. The fraction of sp³-hybridized carbons (Fsp3) is 0.538. The van der Waals surface area contributed by atoms with Crippen LogP contribution in [-0.2, 0) is 11.8 Å². The number of nitrogens with one attached hydrogen (secondary N) is 1. The van der Waals surface area contributed by atoms with Crippen LogP contribution in [0.5, 0.6) is 0 Å². The summed E-state index contributed by atoms with van der Waals surface area (Å²) in [7, 11) is 1.85. The Hall–Kier alpha value is -2.18. The average Bonchev–Trinajstić information content (AvgIpc) is 2.80. The molecule has 0 aliphatic rings. The van der Waals surface area contributed by atoms with Crippen molar-refractivity contribution in [2.24, 2.45) is 7.05 Å². The normalized spacial score (nSPS) is 10.8. The van der Waals surface area contributed by atoms with Crippen LogP contribution < -0.4 is 5.32 Å². The van der Waals surface area contributed by atoms with Crippen molar-refractivity contribution in [2.75, 3.05) is 11.9 Å². The molecule has 20 heavy (non-hydrogen) atoms. The van der Waals surface area contributed by atoms with Crippen LogP contribution in [0.2, 0.25) is 0 Å². The smallest absolute Gasteiger partial charge is 0.303 e. The molecule has 7 nitrogen and oxygen atoms in total. The third-order valence-electron chi connectivity index (χ3n) is 3.14. The number of carboxylic acid groups (broad SMARTS) is 1. The quantitative estimate of drug-likeness (QED) is 0.715. The van der Waals surface area contributed by atoms with E-state index in [1.165, 1.54) is 6.33 Å². The van der Waals surface area contributed by atoms with Gasteiger partial charge in [-0.1, -0.05) is 12.8 Å². The number of fused-ring (bicyclic) bond motifs is 1. The molecule has 0 bridgehead atoms. The van der Waals surface area contributed by atoms with E-state index in [1.54, 1.807) is 10.9 Å². The van der Waals surface area contributed by atoms with Crippen LogP contribution in [0.15, 0.2) is 12.5 Å². The molecule has 7 heteroatoms.